The molecule has 41 valence electrons. The Balaban J connectivity index is -0.0000000800. The Kier molecular flexibility index (Phi) is 12.8. The Morgan fingerprint density at radius 3 is 1.14 bits per heavy atom. The van der Waals surface area contributed by atoms with Gasteiger partial charge in [-0.15, -0.1) is 0 Å². The predicted octanol–water partition coefficient (Wildman–Crippen LogP) is -0.661. The second-order valence-corrected chi connectivity index (χ2v) is 1.63. The molecule has 4 nitrogen and oxygen atoms in total. The third kappa shape index (κ3) is 99.5. The maximum atomic E-state index is 8.69. The number of hydrogen-bond acceptors (Lipinski definition) is 3. The first-order valence-electron chi connectivity index (χ1n) is 0.632. The molecule has 0 aromatic carbocycles. The van der Waals surface area contributed by atoms with Gasteiger partial charge in [0.05, 0.1) is 0 Å². The first kappa shape index (κ1) is 15.8. The molecule has 0 aromatic heterocycles. The predicted molar refractivity (Wildman–Crippen MR) is 16.8 cm³/mol. The topological polar surface area (TPSA) is 71.4 Å². The zero-order valence-corrected chi connectivity index (χ0v) is 7.35. The van der Waals surface area contributed by atoms with Crippen LogP contribution in [-0.4, -0.2) is 55.6 Å². The van der Waals surface area contributed by atoms with Gasteiger partial charge in [0.2, 0.25) is 0 Å². The van der Waals surface area contributed by atoms with Gasteiger partial charge in [0.25, 0.3) is 0 Å². The van der Waals surface area contributed by atoms with Crippen LogP contribution in [-0.2, 0) is 24.5 Å². The Bertz CT molecular complexity index is 133. The fourth-order valence-electron chi connectivity index (χ4n) is 0. The van der Waals surface area contributed by atoms with Gasteiger partial charge in [0.15, 0.2) is 0 Å². The van der Waals surface area contributed by atoms with Gasteiger partial charge in [-0.3, -0.25) is 0 Å². The number of hydrogen-bond donors (Lipinski definition) is 1. The summed E-state index contributed by atoms with van der Waals surface area (Å²) >= 11 is -5.38. The Labute approximate surface area is 85.9 Å². The summed E-state index contributed by atoms with van der Waals surface area (Å²) in [6, 6.07) is 0. The third-order valence-corrected chi connectivity index (χ3v) is 0. The van der Waals surface area contributed by atoms with Gasteiger partial charge in [0.1, 0.15) is 0 Å². The zero-order valence-electron chi connectivity index (χ0n) is 3.05. The summed E-state index contributed by atoms with van der Waals surface area (Å²) in [6.45, 7) is 0. The molecule has 0 bridgehead atoms. The van der Waals surface area contributed by atoms with Crippen molar-refractivity contribution in [2.75, 3.05) is 0 Å². The molecular weight excluding hydrogens is 170 g/mol. The average molecular weight is 175 g/mol. The minimum atomic E-state index is -5.38. The standard InChI is InChI=1S/CH4.K.Mn.H2O.3O/h1H4;;;1H2;;;/q;;+1;;;;/p-1. The summed E-state index contributed by atoms with van der Waals surface area (Å²) in [7, 11) is 0. The fraction of sp³-hybridized carbons (Fsp3) is 1.00. The third-order valence-electron chi connectivity index (χ3n) is 0. The molecule has 0 fully saturated rings. The first-order valence-corrected chi connectivity index (χ1v) is 2.61. The quantitative estimate of drug-likeness (QED) is 0.496. The molecule has 1 N–H and O–H groups in total. The fourth-order valence-corrected chi connectivity index (χ4v) is 0. The van der Waals surface area contributed by atoms with Crippen LogP contribution in [0, 0.1) is 0 Å². The molecule has 0 amide bonds. The minimum absolute atomic E-state index is 0. The summed E-state index contributed by atoms with van der Waals surface area (Å²) < 4.78 is 33.1. The van der Waals surface area contributed by atoms with Crippen molar-refractivity contribution >= 4 is 51.4 Å². The summed E-state index contributed by atoms with van der Waals surface area (Å²) in [5.41, 5.74) is 0. The molecule has 0 saturated heterocycles. The summed E-state index contributed by atoms with van der Waals surface area (Å²) in [5, 5.41) is 0. The molecule has 0 aliphatic heterocycles. The monoisotopic (exact) mass is 175 g/mol. The molecule has 0 aliphatic carbocycles. The van der Waals surface area contributed by atoms with E-state index in [1.165, 1.54) is 0 Å². The van der Waals surface area contributed by atoms with Crippen molar-refractivity contribution in [2.24, 2.45) is 0 Å². The van der Waals surface area contributed by atoms with Gasteiger partial charge in [-0.2, -0.15) is 0 Å². The van der Waals surface area contributed by atoms with E-state index in [0.29, 0.717) is 0 Å². The van der Waals surface area contributed by atoms with Crippen molar-refractivity contribution < 1.29 is 28.7 Å². The number of rotatable bonds is 0. The van der Waals surface area contributed by atoms with Crippen molar-refractivity contribution in [3.63, 3.8) is 0 Å². The van der Waals surface area contributed by atoms with E-state index in [0.717, 1.165) is 0 Å². The second-order valence-electron chi connectivity index (χ2n) is 0.396. The van der Waals surface area contributed by atoms with Crippen LogP contribution in [0.15, 0.2) is 0 Å². The van der Waals surface area contributed by atoms with Gasteiger partial charge >= 0.3 is 28.7 Å². The molecule has 0 saturated carbocycles. The summed E-state index contributed by atoms with van der Waals surface area (Å²) in [6.07, 6.45) is 0. The molecule has 0 aromatic rings. The van der Waals surface area contributed by atoms with Crippen LogP contribution in [0.3, 0.4) is 0 Å². The van der Waals surface area contributed by atoms with Gasteiger partial charge < -0.3 is 0 Å². The average Bonchev–Trinajstić information content (AvgIpc) is 0.722. The van der Waals surface area contributed by atoms with Crippen molar-refractivity contribution in [1.82, 2.24) is 0 Å². The van der Waals surface area contributed by atoms with Crippen molar-refractivity contribution in [2.45, 2.75) is 7.43 Å². The Hall–Kier alpha value is 1.52. The molecule has 0 aliphatic rings. The first-order chi connectivity index (χ1) is 2.00. The van der Waals surface area contributed by atoms with E-state index in [-0.39, 0.29) is 58.8 Å². The molecule has 6 heteroatoms. The van der Waals surface area contributed by atoms with Crippen molar-refractivity contribution in [3.8, 4) is 0 Å². The molecule has 0 spiro atoms. The Morgan fingerprint density at radius 2 is 1.14 bits per heavy atom. The van der Waals surface area contributed by atoms with Crippen LogP contribution in [0.5, 0.6) is 0 Å². The van der Waals surface area contributed by atoms with E-state index in [2.05, 4.69) is 0 Å². The molecule has 0 rings (SSSR count). The van der Waals surface area contributed by atoms with E-state index >= 15 is 0 Å². The molecule has 0 atom stereocenters. The van der Waals surface area contributed by atoms with Gasteiger partial charge in [-0.25, -0.2) is 0 Å². The van der Waals surface area contributed by atoms with Gasteiger partial charge in [-0.05, 0) is 0 Å². The Morgan fingerprint density at radius 1 is 1.14 bits per heavy atom. The van der Waals surface area contributed by atoms with E-state index < -0.39 is 13.0 Å². The van der Waals surface area contributed by atoms with Gasteiger partial charge in [0, 0.05) is 51.4 Å². The molecule has 0 heterocycles. The normalized spacial score (nSPS) is 8.14. The maximum absolute atomic E-state index is 8.69. The molecular formula is CH5KMnO4. The van der Waals surface area contributed by atoms with Crippen LogP contribution in [0.2, 0.25) is 0 Å². The zero-order chi connectivity index (χ0) is 4.50. The van der Waals surface area contributed by atoms with Crippen LogP contribution in [0.1, 0.15) is 7.43 Å². The van der Waals surface area contributed by atoms with E-state index in [4.69, 9.17) is 15.7 Å². The molecule has 0 unspecified atom stereocenters. The molecule has 1 radical (unpaired) electrons. The van der Waals surface area contributed by atoms with Crippen LogP contribution < -0.4 is 0 Å². The van der Waals surface area contributed by atoms with E-state index in [9.17, 15) is 0 Å². The SMILES string of the molecule is C.[K].[O]=[Mn](=[O])(=[O])[OH]. The van der Waals surface area contributed by atoms with Crippen molar-refractivity contribution in [3.05, 3.63) is 0 Å². The van der Waals surface area contributed by atoms with E-state index in [1.807, 2.05) is 0 Å². The second kappa shape index (κ2) is 5.65. The van der Waals surface area contributed by atoms with Crippen molar-refractivity contribution in [1.29, 1.82) is 0 Å². The molecule has 7 heavy (non-hydrogen) atoms. The van der Waals surface area contributed by atoms with Crippen LogP contribution >= 0.6 is 0 Å². The van der Waals surface area contributed by atoms with Crippen LogP contribution in [0.4, 0.5) is 0 Å². The summed E-state index contributed by atoms with van der Waals surface area (Å²) in [4.78, 5) is 0. The summed E-state index contributed by atoms with van der Waals surface area (Å²) in [5.74, 6) is 0. The van der Waals surface area contributed by atoms with Crippen LogP contribution in [0.25, 0.3) is 0 Å². The van der Waals surface area contributed by atoms with E-state index in [1.54, 1.807) is 0 Å². The van der Waals surface area contributed by atoms with Gasteiger partial charge in [-0.1, -0.05) is 7.43 Å².